The van der Waals surface area contributed by atoms with Crippen LogP contribution in [0.2, 0.25) is 0 Å². The molecule has 17 nitrogen and oxygen atoms in total. The van der Waals surface area contributed by atoms with Gasteiger partial charge >= 0.3 is 5.97 Å². The number of hydrogen-bond acceptors (Lipinski definition) is 16. The number of β-amino-alcohol motifs (C(OH)–C–C–N with tert-alkyl or cyclic N) is 1. The number of esters is 1. The highest BCUT2D eigenvalue weighted by Gasteiger charge is 2.52. The molecule has 0 spiro atoms. The molecule has 3 aliphatic rings. The first-order chi connectivity index (χ1) is 30.5. The van der Waals surface area contributed by atoms with Gasteiger partial charge in [0.25, 0.3) is 0 Å². The molecule has 0 bridgehead atoms. The maximum Gasteiger partial charge on any atom is 0.305 e. The van der Waals surface area contributed by atoms with Crippen molar-refractivity contribution in [2.24, 2.45) is 11.8 Å². The van der Waals surface area contributed by atoms with Crippen LogP contribution in [0.4, 0.5) is 0 Å². The lowest BCUT2D eigenvalue weighted by molar-refractivity contribution is -0.344. The van der Waals surface area contributed by atoms with Gasteiger partial charge < -0.3 is 68.8 Å². The second-order valence-corrected chi connectivity index (χ2v) is 18.5. The summed E-state index contributed by atoms with van der Waals surface area (Å²) >= 11 is 0. The molecule has 5 N–H and O–H groups in total. The molecule has 0 radical (unpaired) electrons. The van der Waals surface area contributed by atoms with Crippen molar-refractivity contribution < 1.29 is 63.2 Å². The number of aryl methyl sites for hydroxylation is 1. The number of aliphatic hydroxyl groups is 4. The van der Waals surface area contributed by atoms with Crippen molar-refractivity contribution in [2.45, 2.75) is 165 Å². The fourth-order valence-electron chi connectivity index (χ4n) is 9.69. The number of para-hydroxylation sites is 1. The summed E-state index contributed by atoms with van der Waals surface area (Å²) in [6.07, 6.45) is -6.25. The number of fused-ring (bicyclic) bond motifs is 1. The molecule has 1 amide bonds. The van der Waals surface area contributed by atoms with Crippen molar-refractivity contribution >= 4 is 29.1 Å². The number of aromatic nitrogens is 1. The van der Waals surface area contributed by atoms with Gasteiger partial charge in [0.05, 0.1) is 48.5 Å². The Labute approximate surface area is 378 Å². The normalized spacial score (nSPS) is 36.5. The number of nitrogens with one attached hydrogen (secondary N) is 1. The quantitative estimate of drug-likeness (QED) is 0.136. The van der Waals surface area contributed by atoms with E-state index in [-0.39, 0.29) is 43.9 Å². The first-order valence-corrected chi connectivity index (χ1v) is 23.0. The molecule has 3 saturated heterocycles. The predicted molar refractivity (Wildman–Crippen MR) is 237 cm³/mol. The zero-order chi connectivity index (χ0) is 46.7. The number of benzene rings is 1. The SMILES string of the molecule is CCC(=O)O[C@@H]1C(C)O[C@@H](O[C@@H]2C(C)O[C@@H](O[C@H]3[C@@H](CC=O)C[C@@H](C)[C@@H](O)CN(CCCc4ccnc5ccccc45)CCCNC(=O)C[C@@H](O)[C@@H]3OC)C(O)C2N(C)C)CC1(C)O. The van der Waals surface area contributed by atoms with Crippen LogP contribution in [0.1, 0.15) is 85.1 Å². The highest BCUT2D eigenvalue weighted by molar-refractivity contribution is 5.81. The van der Waals surface area contributed by atoms with Crippen LogP contribution in [0.5, 0.6) is 0 Å². The van der Waals surface area contributed by atoms with Crippen LogP contribution >= 0.6 is 0 Å². The molecule has 0 aliphatic carbocycles. The van der Waals surface area contributed by atoms with Crippen LogP contribution in [0.3, 0.4) is 0 Å². The average molecular weight is 903 g/mol. The molecule has 3 fully saturated rings. The Hall–Kier alpha value is -3.20. The van der Waals surface area contributed by atoms with Crippen LogP contribution < -0.4 is 5.32 Å². The van der Waals surface area contributed by atoms with E-state index in [1.807, 2.05) is 37.4 Å². The molecule has 17 heteroatoms. The minimum Gasteiger partial charge on any atom is -0.457 e. The van der Waals surface area contributed by atoms with E-state index in [4.69, 9.17) is 28.4 Å². The van der Waals surface area contributed by atoms with E-state index in [0.29, 0.717) is 32.6 Å². The van der Waals surface area contributed by atoms with Crippen LogP contribution in [0.25, 0.3) is 10.9 Å². The van der Waals surface area contributed by atoms with Crippen molar-refractivity contribution in [2.75, 3.05) is 47.4 Å². The minimum absolute atomic E-state index is 0.0281. The van der Waals surface area contributed by atoms with Gasteiger partial charge in [0.1, 0.15) is 30.2 Å². The molecule has 15 atom stereocenters. The van der Waals surface area contributed by atoms with Crippen molar-refractivity contribution in [1.29, 1.82) is 0 Å². The van der Waals surface area contributed by atoms with Gasteiger partial charge in [-0.1, -0.05) is 32.0 Å². The third-order valence-electron chi connectivity index (χ3n) is 13.1. The molecule has 360 valence electrons. The summed E-state index contributed by atoms with van der Waals surface area (Å²) < 4.78 is 37.1. The fourth-order valence-corrected chi connectivity index (χ4v) is 9.69. The Balaban J connectivity index is 1.34. The summed E-state index contributed by atoms with van der Waals surface area (Å²) in [6, 6.07) is 9.35. The lowest BCUT2D eigenvalue weighted by Gasteiger charge is -2.50. The third kappa shape index (κ3) is 13.5. The van der Waals surface area contributed by atoms with E-state index in [9.17, 15) is 34.8 Å². The lowest BCUT2D eigenvalue weighted by atomic mass is 9.82. The standard InChI is InChI=1S/C47H74N4O13/c1-9-38(56)62-45-30(4)60-39(26-47(45,5)58)63-42-29(3)61-46(41(57)40(42)50(6)7)64-43-32(18-23-52)24-28(2)36(54)27-51(22-13-19-49-37(55)25-35(53)44(43)59-8)21-12-14-31-17-20-48-34-16-11-10-15-33(31)34/h10-11,15-17,20,23,28-30,32,35-36,39-46,53-54,57-58H,9,12-14,18-19,21-22,24-27H2,1-8H3,(H,49,55)/t28-,29?,30?,32+,35-,36+,39+,40?,41?,42-,43+,44+,45-,46+,47?/m1/s1. The number of ether oxygens (including phenoxy) is 6. The number of aldehydes is 1. The number of rotatable bonds is 14. The zero-order valence-corrected chi connectivity index (χ0v) is 38.9. The van der Waals surface area contributed by atoms with E-state index in [1.165, 1.54) is 12.7 Å². The van der Waals surface area contributed by atoms with Gasteiger partial charge in [-0.25, -0.2) is 0 Å². The van der Waals surface area contributed by atoms with Crippen molar-refractivity contribution in [3.63, 3.8) is 0 Å². The second-order valence-electron chi connectivity index (χ2n) is 18.5. The molecular weight excluding hydrogens is 829 g/mol. The Morgan fingerprint density at radius 3 is 2.48 bits per heavy atom. The Morgan fingerprint density at radius 1 is 1.05 bits per heavy atom. The van der Waals surface area contributed by atoms with E-state index in [2.05, 4.69) is 21.3 Å². The molecular formula is C47H74N4O13. The number of hydrogen-bond donors (Lipinski definition) is 5. The second kappa shape index (κ2) is 24.0. The van der Waals surface area contributed by atoms with Gasteiger partial charge in [-0.05, 0) is 103 Å². The minimum atomic E-state index is -1.48. The number of carbonyl (C=O) groups is 3. The summed E-state index contributed by atoms with van der Waals surface area (Å²) in [4.78, 5) is 46.3. The molecule has 1 aromatic carbocycles. The van der Waals surface area contributed by atoms with Gasteiger partial charge in [0, 0.05) is 51.0 Å². The van der Waals surface area contributed by atoms with Crippen LogP contribution in [0, 0.1) is 11.8 Å². The number of carbonyl (C=O) groups excluding carboxylic acids is 3. The number of amides is 1. The average Bonchev–Trinajstić information content (AvgIpc) is 3.24. The summed E-state index contributed by atoms with van der Waals surface area (Å²) in [5.74, 6) is -1.83. The Bertz CT molecular complexity index is 1780. The number of pyridine rings is 1. The van der Waals surface area contributed by atoms with Crippen LogP contribution in [0.15, 0.2) is 36.5 Å². The van der Waals surface area contributed by atoms with Crippen LogP contribution in [-0.4, -0.2) is 180 Å². The summed E-state index contributed by atoms with van der Waals surface area (Å²) in [5.41, 5.74) is 0.670. The molecule has 5 rings (SSSR count). The first kappa shape index (κ1) is 51.8. The Morgan fingerprint density at radius 2 is 1.80 bits per heavy atom. The molecule has 3 aliphatic heterocycles. The molecule has 0 saturated carbocycles. The topological polar surface area (TPSA) is 219 Å². The van der Waals surface area contributed by atoms with E-state index in [0.717, 1.165) is 30.0 Å². The number of nitrogens with zero attached hydrogens (tertiary/aromatic N) is 3. The van der Waals surface area contributed by atoms with Gasteiger partial charge in [-0.2, -0.15) is 0 Å². The van der Waals surface area contributed by atoms with Crippen molar-refractivity contribution in [1.82, 2.24) is 20.1 Å². The van der Waals surface area contributed by atoms with Gasteiger partial charge in [-0.15, -0.1) is 0 Å². The smallest absolute Gasteiger partial charge is 0.305 e. The highest BCUT2D eigenvalue weighted by Crippen LogP contribution is 2.37. The van der Waals surface area contributed by atoms with Crippen molar-refractivity contribution in [3.05, 3.63) is 42.1 Å². The highest BCUT2D eigenvalue weighted by atomic mass is 16.7. The van der Waals surface area contributed by atoms with Gasteiger partial charge in [0.15, 0.2) is 18.7 Å². The van der Waals surface area contributed by atoms with E-state index >= 15 is 0 Å². The largest absolute Gasteiger partial charge is 0.457 e. The molecule has 5 unspecified atom stereocenters. The summed E-state index contributed by atoms with van der Waals surface area (Å²) in [7, 11) is 4.93. The molecule has 1 aromatic heterocycles. The first-order valence-electron chi connectivity index (χ1n) is 23.0. The monoisotopic (exact) mass is 903 g/mol. The number of aliphatic hydroxyl groups excluding tert-OH is 3. The molecule has 64 heavy (non-hydrogen) atoms. The number of methoxy groups -OCH3 is 1. The fraction of sp³-hybridized carbons (Fsp3) is 0.745. The van der Waals surface area contributed by atoms with Crippen molar-refractivity contribution in [3.8, 4) is 0 Å². The number of likely N-dealkylation sites (N-methyl/N-ethyl adjacent to an activating group) is 1. The molecule has 4 heterocycles. The maximum absolute atomic E-state index is 13.3. The summed E-state index contributed by atoms with van der Waals surface area (Å²) in [6.45, 7) is 10.7. The van der Waals surface area contributed by atoms with Gasteiger partial charge in [-0.3, -0.25) is 14.6 Å². The Kier molecular flexibility index (Phi) is 19.4. The predicted octanol–water partition coefficient (Wildman–Crippen LogP) is 2.36. The maximum atomic E-state index is 13.3. The van der Waals surface area contributed by atoms with E-state index < -0.39 is 91.0 Å². The van der Waals surface area contributed by atoms with Crippen LogP contribution in [-0.2, 0) is 49.2 Å². The van der Waals surface area contributed by atoms with Gasteiger partial charge in [0.2, 0.25) is 5.91 Å². The molecule has 2 aromatic rings. The lowest BCUT2D eigenvalue weighted by Crippen LogP contribution is -2.66. The zero-order valence-electron chi connectivity index (χ0n) is 38.9. The summed E-state index contributed by atoms with van der Waals surface area (Å²) in [5, 5.41) is 50.9. The third-order valence-corrected chi connectivity index (χ3v) is 13.1. The van der Waals surface area contributed by atoms with E-state index in [1.54, 1.807) is 46.7 Å².